The van der Waals surface area contributed by atoms with Crippen LogP contribution in [0.4, 0.5) is 0 Å². The molecule has 0 heterocycles. The maximum Gasteiger partial charge on any atom is 0.255 e. The van der Waals surface area contributed by atoms with E-state index >= 15 is 0 Å². The van der Waals surface area contributed by atoms with Crippen LogP contribution in [0.15, 0.2) is 51.4 Å². The second-order valence-corrected chi connectivity index (χ2v) is 6.64. The van der Waals surface area contributed by atoms with Gasteiger partial charge in [-0.05, 0) is 59.1 Å². The van der Waals surface area contributed by atoms with Crippen molar-refractivity contribution in [3.63, 3.8) is 0 Å². The van der Waals surface area contributed by atoms with Crippen LogP contribution in [0.1, 0.15) is 28.4 Å². The highest BCUT2D eigenvalue weighted by molar-refractivity contribution is 9.11. The highest BCUT2D eigenvalue weighted by Gasteiger charge is 2.18. The molecule has 0 aliphatic heterocycles. The minimum Gasteiger partial charge on any atom is -0.335 e. The van der Waals surface area contributed by atoms with E-state index in [4.69, 9.17) is 0 Å². The van der Waals surface area contributed by atoms with Crippen LogP contribution in [0.3, 0.4) is 0 Å². The monoisotopic (exact) mass is 409 g/mol. The molecule has 2 aromatic carbocycles. The Morgan fingerprint density at radius 1 is 1.14 bits per heavy atom. The van der Waals surface area contributed by atoms with Gasteiger partial charge in [0.15, 0.2) is 0 Å². The van der Waals surface area contributed by atoms with Crippen molar-refractivity contribution in [3.8, 4) is 0 Å². The van der Waals surface area contributed by atoms with Crippen LogP contribution in [0, 0.1) is 6.92 Å². The van der Waals surface area contributed by atoms with Gasteiger partial charge in [0.25, 0.3) is 5.91 Å². The second-order valence-electron chi connectivity index (χ2n) is 4.87. The predicted octanol–water partition coefficient (Wildman–Crippen LogP) is 5.18. The van der Waals surface area contributed by atoms with Gasteiger partial charge in [0.05, 0.1) is 5.56 Å². The Bertz CT molecular complexity index is 655. The number of rotatable bonds is 4. The van der Waals surface area contributed by atoms with Crippen LogP contribution in [-0.4, -0.2) is 17.4 Å². The summed E-state index contributed by atoms with van der Waals surface area (Å²) in [6.07, 6.45) is 0. The quantitative estimate of drug-likeness (QED) is 0.679. The average Bonchev–Trinajstić information content (AvgIpc) is 2.48. The summed E-state index contributed by atoms with van der Waals surface area (Å²) >= 11 is 6.88. The Morgan fingerprint density at radius 3 is 2.52 bits per heavy atom. The third-order valence-electron chi connectivity index (χ3n) is 3.45. The van der Waals surface area contributed by atoms with Gasteiger partial charge in [0.2, 0.25) is 0 Å². The van der Waals surface area contributed by atoms with Gasteiger partial charge in [-0.25, -0.2) is 0 Å². The number of hydrogen-bond donors (Lipinski definition) is 0. The summed E-state index contributed by atoms with van der Waals surface area (Å²) in [5.41, 5.74) is 3.07. The zero-order chi connectivity index (χ0) is 15.4. The van der Waals surface area contributed by atoms with Crippen molar-refractivity contribution in [1.82, 2.24) is 4.90 Å². The summed E-state index contributed by atoms with van der Waals surface area (Å²) < 4.78 is 1.72. The van der Waals surface area contributed by atoms with Gasteiger partial charge in [-0.15, -0.1) is 0 Å². The van der Waals surface area contributed by atoms with E-state index in [1.165, 1.54) is 11.1 Å². The highest BCUT2D eigenvalue weighted by Crippen LogP contribution is 2.24. The summed E-state index contributed by atoms with van der Waals surface area (Å²) in [5.74, 6) is 0.0360. The molecule has 0 atom stereocenters. The molecule has 0 fully saturated rings. The lowest BCUT2D eigenvalue weighted by atomic mass is 10.1. The molecule has 0 aromatic heterocycles. The summed E-state index contributed by atoms with van der Waals surface area (Å²) in [6, 6.07) is 13.8. The maximum absolute atomic E-state index is 12.7. The highest BCUT2D eigenvalue weighted by atomic mass is 79.9. The molecule has 0 spiro atoms. The van der Waals surface area contributed by atoms with Gasteiger partial charge in [0.1, 0.15) is 0 Å². The van der Waals surface area contributed by atoms with Gasteiger partial charge in [-0.1, -0.05) is 40.2 Å². The fourth-order valence-electron chi connectivity index (χ4n) is 2.15. The average molecular weight is 411 g/mol. The molecule has 0 bridgehead atoms. The van der Waals surface area contributed by atoms with Gasteiger partial charge in [-0.2, -0.15) is 0 Å². The third-order valence-corrected chi connectivity index (χ3v) is 4.63. The number of amides is 1. The van der Waals surface area contributed by atoms with Gasteiger partial charge in [-0.3, -0.25) is 4.79 Å². The molecule has 0 saturated heterocycles. The van der Waals surface area contributed by atoms with Gasteiger partial charge < -0.3 is 4.90 Å². The van der Waals surface area contributed by atoms with Gasteiger partial charge in [0, 0.05) is 22.0 Å². The Kier molecular flexibility index (Phi) is 5.59. The van der Waals surface area contributed by atoms with Crippen molar-refractivity contribution in [3.05, 3.63) is 68.1 Å². The topological polar surface area (TPSA) is 20.3 Å². The minimum absolute atomic E-state index is 0.0360. The molecule has 4 heteroatoms. The largest absolute Gasteiger partial charge is 0.335 e. The van der Waals surface area contributed by atoms with Crippen LogP contribution in [0.2, 0.25) is 0 Å². The molecule has 0 saturated carbocycles. The molecular weight excluding hydrogens is 394 g/mol. The lowest BCUT2D eigenvalue weighted by Gasteiger charge is -2.22. The van der Waals surface area contributed by atoms with Crippen LogP contribution in [0.25, 0.3) is 0 Å². The van der Waals surface area contributed by atoms with E-state index in [2.05, 4.69) is 50.9 Å². The number of nitrogens with zero attached hydrogens (tertiary/aromatic N) is 1. The van der Waals surface area contributed by atoms with Crippen molar-refractivity contribution < 1.29 is 4.79 Å². The molecule has 0 aliphatic carbocycles. The standard InChI is InChI=1S/C17H17Br2NO/c1-3-20(11-13-7-5-4-6-12(13)2)17(21)15-10-14(18)8-9-16(15)19/h4-10H,3,11H2,1-2H3. The molecule has 2 rings (SSSR count). The van der Waals surface area contributed by atoms with Crippen molar-refractivity contribution in [1.29, 1.82) is 0 Å². The molecule has 0 N–H and O–H groups in total. The van der Waals surface area contributed by atoms with Crippen molar-refractivity contribution >= 4 is 37.8 Å². The van der Waals surface area contributed by atoms with E-state index in [0.29, 0.717) is 18.7 Å². The fraction of sp³-hybridized carbons (Fsp3) is 0.235. The van der Waals surface area contributed by atoms with E-state index in [1.807, 2.05) is 42.2 Å². The fourth-order valence-corrected chi connectivity index (χ4v) is 2.93. The van der Waals surface area contributed by atoms with Gasteiger partial charge >= 0.3 is 0 Å². The molecule has 2 nitrogen and oxygen atoms in total. The SMILES string of the molecule is CCN(Cc1ccccc1C)C(=O)c1cc(Br)ccc1Br. The molecule has 1 amide bonds. The molecule has 21 heavy (non-hydrogen) atoms. The minimum atomic E-state index is 0.0360. The second kappa shape index (κ2) is 7.23. The smallest absolute Gasteiger partial charge is 0.255 e. The van der Waals surface area contributed by atoms with Crippen LogP contribution in [0.5, 0.6) is 0 Å². The molecule has 110 valence electrons. The van der Waals surface area contributed by atoms with E-state index in [1.54, 1.807) is 0 Å². The van der Waals surface area contributed by atoms with Crippen molar-refractivity contribution in [2.75, 3.05) is 6.54 Å². The zero-order valence-corrected chi connectivity index (χ0v) is 15.2. The number of carbonyl (C=O) groups excluding carboxylic acids is 1. The van der Waals surface area contributed by atoms with Crippen LogP contribution >= 0.6 is 31.9 Å². The molecule has 0 aliphatic rings. The van der Waals surface area contributed by atoms with E-state index in [9.17, 15) is 4.79 Å². The Labute approximate surface area is 142 Å². The van der Waals surface area contributed by atoms with E-state index in [-0.39, 0.29) is 5.91 Å². The lowest BCUT2D eigenvalue weighted by Crippen LogP contribution is -2.30. The maximum atomic E-state index is 12.7. The number of benzene rings is 2. The molecule has 0 radical (unpaired) electrons. The summed E-state index contributed by atoms with van der Waals surface area (Å²) in [6.45, 7) is 5.37. The first kappa shape index (κ1) is 16.2. The third kappa shape index (κ3) is 3.95. The Morgan fingerprint density at radius 2 is 1.86 bits per heavy atom. The number of carbonyl (C=O) groups is 1. The first-order chi connectivity index (χ1) is 10.0. The van der Waals surface area contributed by atoms with Crippen LogP contribution < -0.4 is 0 Å². The molecular formula is C17H17Br2NO. The predicted molar refractivity (Wildman–Crippen MR) is 93.4 cm³/mol. The zero-order valence-electron chi connectivity index (χ0n) is 12.1. The summed E-state index contributed by atoms with van der Waals surface area (Å²) in [7, 11) is 0. The van der Waals surface area contributed by atoms with Crippen molar-refractivity contribution in [2.24, 2.45) is 0 Å². The number of aryl methyl sites for hydroxylation is 1. The molecule has 0 unspecified atom stereocenters. The normalized spacial score (nSPS) is 10.5. The summed E-state index contributed by atoms with van der Waals surface area (Å²) in [4.78, 5) is 14.6. The van der Waals surface area contributed by atoms with E-state index in [0.717, 1.165) is 8.95 Å². The lowest BCUT2D eigenvalue weighted by molar-refractivity contribution is 0.0751. The Balaban J connectivity index is 2.27. The summed E-state index contributed by atoms with van der Waals surface area (Å²) in [5, 5.41) is 0. The number of halogens is 2. The van der Waals surface area contributed by atoms with Crippen LogP contribution in [-0.2, 0) is 6.54 Å². The van der Waals surface area contributed by atoms with Crippen molar-refractivity contribution in [2.45, 2.75) is 20.4 Å². The Hall–Kier alpha value is -1.13. The first-order valence-electron chi connectivity index (χ1n) is 6.81. The molecule has 2 aromatic rings. The number of hydrogen-bond acceptors (Lipinski definition) is 1. The first-order valence-corrected chi connectivity index (χ1v) is 8.40. The van der Waals surface area contributed by atoms with E-state index < -0.39 is 0 Å².